The lowest BCUT2D eigenvalue weighted by molar-refractivity contribution is 0.102. The van der Waals surface area contributed by atoms with Gasteiger partial charge >= 0.3 is 0 Å². The molecule has 0 aliphatic rings. The van der Waals surface area contributed by atoms with Gasteiger partial charge in [-0.15, -0.1) is 0 Å². The zero-order valence-electron chi connectivity index (χ0n) is 17.8. The van der Waals surface area contributed by atoms with Crippen molar-refractivity contribution in [3.05, 3.63) is 70.8 Å². The Hall–Kier alpha value is -1.60. The van der Waals surface area contributed by atoms with Gasteiger partial charge in [-0.1, -0.05) is 89.1 Å². The van der Waals surface area contributed by atoms with E-state index in [0.717, 1.165) is 26.1 Å². The topological polar surface area (TPSA) is 9.23 Å². The molecule has 0 N–H and O–H groups in total. The monoisotopic (exact) mass is 366 g/mol. The van der Waals surface area contributed by atoms with Crippen molar-refractivity contribution in [3.63, 3.8) is 0 Å². The lowest BCUT2D eigenvalue weighted by Gasteiger charge is -2.22. The Labute approximate surface area is 167 Å². The molecule has 0 aliphatic heterocycles. The summed E-state index contributed by atoms with van der Waals surface area (Å²) in [4.78, 5) is 0. The molecular formula is C26H38O. The Morgan fingerprint density at radius 3 is 1.48 bits per heavy atom. The second-order valence-electron chi connectivity index (χ2n) is 7.71. The van der Waals surface area contributed by atoms with E-state index < -0.39 is 0 Å². The lowest BCUT2D eigenvalue weighted by Crippen LogP contribution is -2.14. The molecule has 27 heavy (non-hydrogen) atoms. The maximum Gasteiger partial charge on any atom is 0.0535 e. The molecule has 0 bridgehead atoms. The molecule has 2 unspecified atom stereocenters. The molecular weight excluding hydrogens is 328 g/mol. The summed E-state index contributed by atoms with van der Waals surface area (Å²) in [6.45, 7) is 10.7. The fraction of sp³-hybridized carbons (Fsp3) is 0.538. The fourth-order valence-corrected chi connectivity index (χ4v) is 3.88. The quantitative estimate of drug-likeness (QED) is 0.383. The number of hydrogen-bond acceptors (Lipinski definition) is 1. The number of benzene rings is 2. The molecule has 0 amide bonds. The molecule has 1 nitrogen and oxygen atoms in total. The standard InChI is InChI=1S/C26H38O/c1-5-11-25(23-15-9-13-21(7-3)17-23)19-27-20-26(12-6-2)24-16-10-14-22(8-4)18-24/h9-10,13-18,25-26H,5-8,11-12,19-20H2,1-4H3. The second kappa shape index (κ2) is 12.0. The SMILES string of the molecule is CCCC(COCC(CCC)c1cccc(CC)c1)c1cccc(CC)c1. The van der Waals surface area contributed by atoms with Crippen LogP contribution in [0.4, 0.5) is 0 Å². The molecule has 0 aliphatic carbocycles. The van der Waals surface area contributed by atoms with Gasteiger partial charge in [0.1, 0.15) is 0 Å². The van der Waals surface area contributed by atoms with Gasteiger partial charge in [-0.3, -0.25) is 0 Å². The van der Waals surface area contributed by atoms with E-state index in [1.807, 2.05) is 0 Å². The van der Waals surface area contributed by atoms with Gasteiger partial charge in [0.25, 0.3) is 0 Å². The van der Waals surface area contributed by atoms with Gasteiger partial charge in [-0.25, -0.2) is 0 Å². The van der Waals surface area contributed by atoms with Gasteiger partial charge in [0, 0.05) is 11.8 Å². The Morgan fingerprint density at radius 1 is 0.667 bits per heavy atom. The van der Waals surface area contributed by atoms with Crippen LogP contribution in [0.2, 0.25) is 0 Å². The second-order valence-corrected chi connectivity index (χ2v) is 7.71. The van der Waals surface area contributed by atoms with Gasteiger partial charge in [0.05, 0.1) is 13.2 Å². The molecule has 2 rings (SSSR count). The Morgan fingerprint density at radius 2 is 1.11 bits per heavy atom. The predicted molar refractivity (Wildman–Crippen MR) is 118 cm³/mol. The average Bonchev–Trinajstić information content (AvgIpc) is 2.72. The van der Waals surface area contributed by atoms with E-state index in [-0.39, 0.29) is 0 Å². The third-order valence-corrected chi connectivity index (χ3v) is 5.57. The predicted octanol–water partition coefficient (Wildman–Crippen LogP) is 7.30. The first-order chi connectivity index (χ1) is 13.2. The Bertz CT molecular complexity index is 603. The van der Waals surface area contributed by atoms with Crippen LogP contribution in [-0.2, 0) is 17.6 Å². The summed E-state index contributed by atoms with van der Waals surface area (Å²) >= 11 is 0. The van der Waals surface area contributed by atoms with Crippen LogP contribution in [0.1, 0.15) is 87.5 Å². The molecule has 2 aromatic rings. The van der Waals surface area contributed by atoms with Crippen LogP contribution in [0.25, 0.3) is 0 Å². The van der Waals surface area contributed by atoms with E-state index in [0.29, 0.717) is 11.8 Å². The average molecular weight is 367 g/mol. The van der Waals surface area contributed by atoms with Crippen LogP contribution in [0.15, 0.2) is 48.5 Å². The summed E-state index contributed by atoms with van der Waals surface area (Å²) in [6, 6.07) is 18.2. The highest BCUT2D eigenvalue weighted by molar-refractivity contribution is 5.27. The maximum atomic E-state index is 6.32. The van der Waals surface area contributed by atoms with Crippen LogP contribution in [-0.4, -0.2) is 13.2 Å². The number of ether oxygens (including phenoxy) is 1. The van der Waals surface area contributed by atoms with E-state index in [1.54, 1.807) is 0 Å². The highest BCUT2D eigenvalue weighted by Gasteiger charge is 2.15. The van der Waals surface area contributed by atoms with Crippen molar-refractivity contribution in [2.45, 2.75) is 78.1 Å². The lowest BCUT2D eigenvalue weighted by atomic mass is 9.92. The number of hydrogen-bond donors (Lipinski definition) is 0. The maximum absolute atomic E-state index is 6.32. The van der Waals surface area contributed by atoms with Gasteiger partial charge in [-0.2, -0.15) is 0 Å². The smallest absolute Gasteiger partial charge is 0.0535 e. The zero-order chi connectivity index (χ0) is 19.5. The summed E-state index contributed by atoms with van der Waals surface area (Å²) in [7, 11) is 0. The Kier molecular flexibility index (Phi) is 9.62. The molecule has 0 radical (unpaired) electrons. The van der Waals surface area contributed by atoms with Crippen molar-refractivity contribution in [1.82, 2.24) is 0 Å². The molecule has 0 aromatic heterocycles. The van der Waals surface area contributed by atoms with Crippen molar-refractivity contribution in [1.29, 1.82) is 0 Å². The summed E-state index contributed by atoms with van der Waals surface area (Å²) in [5, 5.41) is 0. The van der Waals surface area contributed by atoms with Crippen molar-refractivity contribution < 1.29 is 4.74 Å². The fourth-order valence-electron chi connectivity index (χ4n) is 3.88. The normalized spacial score (nSPS) is 13.5. The van der Waals surface area contributed by atoms with Gasteiger partial charge < -0.3 is 4.74 Å². The zero-order valence-corrected chi connectivity index (χ0v) is 17.8. The molecule has 0 saturated heterocycles. The minimum atomic E-state index is 0.505. The number of aryl methyl sites for hydroxylation is 2. The van der Waals surface area contributed by atoms with E-state index in [4.69, 9.17) is 4.74 Å². The van der Waals surface area contributed by atoms with E-state index in [1.165, 1.54) is 47.9 Å². The summed E-state index contributed by atoms with van der Waals surface area (Å²) in [5.74, 6) is 1.01. The molecule has 2 atom stereocenters. The van der Waals surface area contributed by atoms with Crippen LogP contribution in [0, 0.1) is 0 Å². The highest BCUT2D eigenvalue weighted by Crippen LogP contribution is 2.26. The summed E-state index contributed by atoms with van der Waals surface area (Å²) in [6.07, 6.45) is 6.97. The van der Waals surface area contributed by atoms with Crippen LogP contribution >= 0.6 is 0 Å². The van der Waals surface area contributed by atoms with Gasteiger partial charge in [-0.05, 0) is 47.9 Å². The van der Waals surface area contributed by atoms with Gasteiger partial charge in [0.15, 0.2) is 0 Å². The number of rotatable bonds is 12. The van der Waals surface area contributed by atoms with Gasteiger partial charge in [0.2, 0.25) is 0 Å². The van der Waals surface area contributed by atoms with Crippen LogP contribution in [0.3, 0.4) is 0 Å². The van der Waals surface area contributed by atoms with Crippen molar-refractivity contribution >= 4 is 0 Å². The molecule has 2 aromatic carbocycles. The summed E-state index contributed by atoms with van der Waals surface area (Å²) < 4.78 is 6.32. The summed E-state index contributed by atoms with van der Waals surface area (Å²) in [5.41, 5.74) is 5.73. The van der Waals surface area contributed by atoms with Crippen LogP contribution in [0.5, 0.6) is 0 Å². The first-order valence-electron chi connectivity index (χ1n) is 11.0. The van der Waals surface area contributed by atoms with E-state index in [2.05, 4.69) is 76.2 Å². The first-order valence-corrected chi connectivity index (χ1v) is 11.0. The van der Waals surface area contributed by atoms with Crippen molar-refractivity contribution in [3.8, 4) is 0 Å². The largest absolute Gasteiger partial charge is 0.380 e. The van der Waals surface area contributed by atoms with E-state index >= 15 is 0 Å². The third kappa shape index (κ3) is 6.81. The minimum absolute atomic E-state index is 0.505. The molecule has 1 heteroatoms. The van der Waals surface area contributed by atoms with E-state index in [9.17, 15) is 0 Å². The third-order valence-electron chi connectivity index (χ3n) is 5.57. The Balaban J connectivity index is 2.01. The molecule has 148 valence electrons. The van der Waals surface area contributed by atoms with Crippen molar-refractivity contribution in [2.75, 3.05) is 13.2 Å². The first kappa shape index (κ1) is 21.7. The van der Waals surface area contributed by atoms with Crippen molar-refractivity contribution in [2.24, 2.45) is 0 Å². The molecule has 0 fully saturated rings. The molecule has 0 saturated carbocycles. The molecule has 0 heterocycles. The van der Waals surface area contributed by atoms with Crippen LogP contribution < -0.4 is 0 Å². The minimum Gasteiger partial charge on any atom is -0.380 e. The highest BCUT2D eigenvalue weighted by atomic mass is 16.5. The molecule has 0 spiro atoms.